The molecule has 7 nitrogen and oxygen atoms in total. The van der Waals surface area contributed by atoms with Crippen molar-refractivity contribution in [1.82, 2.24) is 9.29 Å². The molecule has 1 N–H and O–H groups in total. The Morgan fingerprint density at radius 2 is 1.40 bits per heavy atom. The van der Waals surface area contributed by atoms with Gasteiger partial charge in [0.1, 0.15) is 10.7 Å². The summed E-state index contributed by atoms with van der Waals surface area (Å²) in [5.74, 6) is -0.0808. The molecule has 178 valence electrons. The number of nitrogens with zero attached hydrogens (tertiary/aromatic N) is 2. The van der Waals surface area contributed by atoms with Crippen LogP contribution < -0.4 is 5.32 Å². The number of esters is 1. The molecule has 0 aliphatic heterocycles. The van der Waals surface area contributed by atoms with Crippen LogP contribution in [0.25, 0.3) is 0 Å². The predicted molar refractivity (Wildman–Crippen MR) is 135 cm³/mol. The second kappa shape index (κ2) is 10.9. The van der Waals surface area contributed by atoms with Crippen LogP contribution >= 0.6 is 0 Å². The number of methoxy groups -OCH3 is 1. The van der Waals surface area contributed by atoms with E-state index in [1.54, 1.807) is 30.3 Å². The van der Waals surface area contributed by atoms with Gasteiger partial charge in [0.25, 0.3) is 0 Å². The molecule has 0 bridgehead atoms. The van der Waals surface area contributed by atoms with Crippen LogP contribution in [0.1, 0.15) is 21.5 Å². The smallest absolute Gasteiger partial charge is 0.339 e. The minimum atomic E-state index is -3.84. The maximum Gasteiger partial charge on any atom is 0.339 e. The van der Waals surface area contributed by atoms with E-state index in [2.05, 4.69) is 10.3 Å². The van der Waals surface area contributed by atoms with Crippen molar-refractivity contribution in [2.45, 2.75) is 18.0 Å². The molecule has 0 fully saturated rings. The van der Waals surface area contributed by atoms with Gasteiger partial charge in [0.2, 0.25) is 10.0 Å². The highest BCUT2D eigenvalue weighted by atomic mass is 32.2. The molecule has 0 unspecified atom stereocenters. The molecule has 0 saturated heterocycles. The molecule has 0 spiro atoms. The molecular weight excluding hydrogens is 462 g/mol. The van der Waals surface area contributed by atoms with E-state index >= 15 is 0 Å². The van der Waals surface area contributed by atoms with Crippen molar-refractivity contribution in [1.29, 1.82) is 0 Å². The Kier molecular flexibility index (Phi) is 7.54. The monoisotopic (exact) mass is 487 g/mol. The quantitative estimate of drug-likeness (QED) is 0.334. The molecule has 0 atom stereocenters. The number of anilines is 2. The molecular formula is C27H25N3O4S. The molecule has 35 heavy (non-hydrogen) atoms. The van der Waals surface area contributed by atoms with E-state index in [-0.39, 0.29) is 18.0 Å². The summed E-state index contributed by atoms with van der Waals surface area (Å²) in [6, 6.07) is 28.9. The molecule has 1 heterocycles. The van der Waals surface area contributed by atoms with Crippen LogP contribution in [-0.2, 0) is 27.8 Å². The first kappa shape index (κ1) is 24.1. The highest BCUT2D eigenvalue weighted by molar-refractivity contribution is 7.89. The third kappa shape index (κ3) is 5.92. The fraction of sp³-hybridized carbons (Fsp3) is 0.111. The van der Waals surface area contributed by atoms with Crippen LogP contribution in [-0.4, -0.2) is 30.8 Å². The zero-order chi connectivity index (χ0) is 24.7. The van der Waals surface area contributed by atoms with E-state index in [0.29, 0.717) is 17.1 Å². The van der Waals surface area contributed by atoms with E-state index < -0.39 is 16.0 Å². The first-order valence-corrected chi connectivity index (χ1v) is 12.4. The Labute approximate surface area is 205 Å². The summed E-state index contributed by atoms with van der Waals surface area (Å²) >= 11 is 0. The molecule has 0 radical (unpaired) electrons. The Morgan fingerprint density at radius 3 is 1.94 bits per heavy atom. The van der Waals surface area contributed by atoms with Gasteiger partial charge in [-0.3, -0.25) is 0 Å². The molecule has 3 aromatic carbocycles. The lowest BCUT2D eigenvalue weighted by Gasteiger charge is -2.22. The number of nitrogens with one attached hydrogen (secondary N) is 1. The molecule has 1 aromatic heterocycles. The van der Waals surface area contributed by atoms with E-state index in [4.69, 9.17) is 4.74 Å². The normalized spacial score (nSPS) is 11.3. The topological polar surface area (TPSA) is 88.6 Å². The van der Waals surface area contributed by atoms with Gasteiger partial charge in [-0.05, 0) is 35.4 Å². The van der Waals surface area contributed by atoms with Crippen molar-refractivity contribution in [3.05, 3.63) is 120 Å². The highest BCUT2D eigenvalue weighted by Gasteiger charge is 2.25. The SMILES string of the molecule is COC(=O)c1ccccc1Nc1ccc(S(=O)(=O)N(Cc2ccccc2)Cc2ccccc2)cn1. The van der Waals surface area contributed by atoms with Crippen LogP contribution in [0.4, 0.5) is 11.5 Å². The zero-order valence-electron chi connectivity index (χ0n) is 19.2. The Morgan fingerprint density at radius 1 is 0.829 bits per heavy atom. The van der Waals surface area contributed by atoms with Crippen molar-refractivity contribution in [2.24, 2.45) is 0 Å². The van der Waals surface area contributed by atoms with Gasteiger partial charge in [-0.1, -0.05) is 72.8 Å². The van der Waals surface area contributed by atoms with Gasteiger partial charge < -0.3 is 10.1 Å². The first-order chi connectivity index (χ1) is 17.0. The average Bonchev–Trinajstić information content (AvgIpc) is 2.90. The number of benzene rings is 3. The summed E-state index contributed by atoms with van der Waals surface area (Å²) < 4.78 is 33.5. The summed E-state index contributed by atoms with van der Waals surface area (Å²) in [6.07, 6.45) is 1.32. The number of carbonyl (C=O) groups is 1. The number of aromatic nitrogens is 1. The third-order valence-electron chi connectivity index (χ3n) is 5.37. The maximum absolute atomic E-state index is 13.6. The van der Waals surface area contributed by atoms with Gasteiger partial charge in [0.05, 0.1) is 18.4 Å². The number of sulfonamides is 1. The van der Waals surface area contributed by atoms with E-state index in [1.807, 2.05) is 60.7 Å². The second-order valence-corrected chi connectivity index (χ2v) is 9.72. The van der Waals surface area contributed by atoms with Crippen molar-refractivity contribution >= 4 is 27.5 Å². The van der Waals surface area contributed by atoms with Crippen molar-refractivity contribution < 1.29 is 17.9 Å². The van der Waals surface area contributed by atoms with Crippen LogP contribution in [0.5, 0.6) is 0 Å². The maximum atomic E-state index is 13.6. The molecule has 4 rings (SSSR count). The minimum absolute atomic E-state index is 0.0798. The van der Waals surface area contributed by atoms with Crippen molar-refractivity contribution in [3.63, 3.8) is 0 Å². The van der Waals surface area contributed by atoms with Crippen molar-refractivity contribution in [2.75, 3.05) is 12.4 Å². The standard InChI is InChI=1S/C27H25N3O4S/c1-34-27(31)24-14-8-9-15-25(24)29-26-17-16-23(18-28-26)35(32,33)30(19-21-10-4-2-5-11-21)20-22-12-6-3-7-13-22/h2-18H,19-20H2,1H3,(H,28,29). The van der Waals surface area contributed by atoms with Gasteiger partial charge in [-0.15, -0.1) is 0 Å². The molecule has 0 saturated carbocycles. The van der Waals surface area contributed by atoms with Crippen molar-refractivity contribution in [3.8, 4) is 0 Å². The van der Waals surface area contributed by atoms with Crippen LogP contribution in [0.2, 0.25) is 0 Å². The van der Waals surface area contributed by atoms with Gasteiger partial charge in [0, 0.05) is 19.3 Å². The predicted octanol–water partition coefficient (Wildman–Crippen LogP) is 5.00. The Hall–Kier alpha value is -4.01. The number of pyridine rings is 1. The summed E-state index contributed by atoms with van der Waals surface area (Å²) in [5, 5.41) is 3.05. The number of rotatable bonds is 9. The number of hydrogen-bond acceptors (Lipinski definition) is 6. The van der Waals surface area contributed by atoms with Gasteiger partial charge in [0.15, 0.2) is 0 Å². The summed E-state index contributed by atoms with van der Waals surface area (Å²) in [7, 11) is -2.53. The fourth-order valence-electron chi connectivity index (χ4n) is 3.57. The highest BCUT2D eigenvalue weighted by Crippen LogP contribution is 2.24. The lowest BCUT2D eigenvalue weighted by Crippen LogP contribution is -2.30. The molecule has 4 aromatic rings. The Bertz CT molecular complexity index is 1340. The minimum Gasteiger partial charge on any atom is -0.465 e. The molecule has 8 heteroatoms. The fourth-order valence-corrected chi connectivity index (χ4v) is 4.94. The van der Waals surface area contributed by atoms with Crippen LogP contribution in [0, 0.1) is 0 Å². The van der Waals surface area contributed by atoms with Gasteiger partial charge >= 0.3 is 5.97 Å². The third-order valence-corrected chi connectivity index (χ3v) is 7.15. The second-order valence-electron chi connectivity index (χ2n) is 7.79. The van der Waals surface area contributed by atoms with Gasteiger partial charge in [-0.25, -0.2) is 18.2 Å². The van der Waals surface area contributed by atoms with Gasteiger partial charge in [-0.2, -0.15) is 4.31 Å². The number of hydrogen-bond donors (Lipinski definition) is 1. The van der Waals surface area contributed by atoms with Crippen LogP contribution in [0.3, 0.4) is 0 Å². The van der Waals surface area contributed by atoms with Crippen LogP contribution in [0.15, 0.2) is 108 Å². The lowest BCUT2D eigenvalue weighted by atomic mass is 10.2. The lowest BCUT2D eigenvalue weighted by molar-refractivity contribution is 0.0602. The summed E-state index contributed by atoms with van der Waals surface area (Å²) in [4.78, 5) is 16.4. The summed E-state index contributed by atoms with van der Waals surface area (Å²) in [6.45, 7) is 0.454. The van der Waals surface area contributed by atoms with E-state index in [1.165, 1.54) is 23.7 Å². The number of para-hydroxylation sites is 1. The molecule has 0 amide bonds. The summed E-state index contributed by atoms with van der Waals surface area (Å²) in [5.41, 5.74) is 2.64. The van der Waals surface area contributed by atoms with E-state index in [9.17, 15) is 13.2 Å². The molecule has 0 aliphatic rings. The number of carbonyl (C=O) groups excluding carboxylic acids is 1. The number of ether oxygens (including phenoxy) is 1. The largest absolute Gasteiger partial charge is 0.465 e. The first-order valence-electron chi connectivity index (χ1n) is 11.0. The average molecular weight is 488 g/mol. The Balaban J connectivity index is 1.60. The van der Waals surface area contributed by atoms with E-state index in [0.717, 1.165) is 11.1 Å². The zero-order valence-corrected chi connectivity index (χ0v) is 20.0. The molecule has 0 aliphatic carbocycles.